The highest BCUT2D eigenvalue weighted by Crippen LogP contribution is 2.37. The van der Waals surface area contributed by atoms with Crippen LogP contribution in [0.3, 0.4) is 0 Å². The van der Waals surface area contributed by atoms with E-state index in [2.05, 4.69) is 15.9 Å². The van der Waals surface area contributed by atoms with E-state index < -0.39 is 11.7 Å². The van der Waals surface area contributed by atoms with E-state index in [1.807, 2.05) is 0 Å². The molecule has 1 aromatic rings. The lowest BCUT2D eigenvalue weighted by atomic mass is 10.1. The van der Waals surface area contributed by atoms with Crippen LogP contribution in [0, 0.1) is 0 Å². The molecule has 0 aromatic heterocycles. The molecule has 1 rings (SSSR count). The summed E-state index contributed by atoms with van der Waals surface area (Å²) in [5.41, 5.74) is -0.435. The summed E-state index contributed by atoms with van der Waals surface area (Å²) in [6, 6.07) is 1.94. The molecular weight excluding hydrogens is 289 g/mol. The van der Waals surface area contributed by atoms with Crippen molar-refractivity contribution in [2.75, 3.05) is 13.7 Å². The first-order valence-corrected chi connectivity index (χ1v) is 5.24. The molecule has 1 aromatic carbocycles. The van der Waals surface area contributed by atoms with Gasteiger partial charge in [0.05, 0.1) is 17.1 Å². The third kappa shape index (κ3) is 2.89. The number of ether oxygens (including phenoxy) is 1. The van der Waals surface area contributed by atoms with Crippen LogP contribution in [0.25, 0.3) is 0 Å². The molecule has 0 spiro atoms. The minimum atomic E-state index is -4.40. The molecule has 0 unspecified atom stereocenters. The molecule has 0 aliphatic carbocycles. The molecule has 0 radical (unpaired) electrons. The minimum Gasteiger partial charge on any atom is -0.495 e. The Bertz CT molecular complexity index is 377. The summed E-state index contributed by atoms with van der Waals surface area (Å²) >= 11 is 3.01. The summed E-state index contributed by atoms with van der Waals surface area (Å²) in [7, 11) is 1.37. The summed E-state index contributed by atoms with van der Waals surface area (Å²) < 4.78 is 42.7. The fourth-order valence-corrected chi connectivity index (χ4v) is 2.01. The predicted octanol–water partition coefficient (Wildman–Crippen LogP) is 3.01. The van der Waals surface area contributed by atoms with E-state index in [1.165, 1.54) is 7.11 Å². The number of rotatable bonds is 3. The summed E-state index contributed by atoms with van der Waals surface area (Å²) in [6.45, 7) is -0.232. The predicted molar refractivity (Wildman–Crippen MR) is 56.5 cm³/mol. The number of hydrogen-bond acceptors (Lipinski definition) is 2. The van der Waals surface area contributed by atoms with Crippen molar-refractivity contribution in [3.05, 3.63) is 27.7 Å². The lowest BCUT2D eigenvalue weighted by Crippen LogP contribution is -2.07. The third-order valence-corrected chi connectivity index (χ3v) is 2.62. The summed E-state index contributed by atoms with van der Waals surface area (Å²) in [5, 5.41) is 8.77. The Morgan fingerprint density at radius 3 is 2.44 bits per heavy atom. The van der Waals surface area contributed by atoms with Crippen molar-refractivity contribution in [2.24, 2.45) is 0 Å². The maximum Gasteiger partial charge on any atom is 0.416 e. The van der Waals surface area contributed by atoms with E-state index in [4.69, 9.17) is 9.84 Å². The van der Waals surface area contributed by atoms with Crippen molar-refractivity contribution < 1.29 is 23.0 Å². The first kappa shape index (κ1) is 13.3. The van der Waals surface area contributed by atoms with Gasteiger partial charge in [0.25, 0.3) is 0 Å². The van der Waals surface area contributed by atoms with Crippen LogP contribution in [0.5, 0.6) is 5.75 Å². The van der Waals surface area contributed by atoms with Gasteiger partial charge >= 0.3 is 6.18 Å². The smallest absolute Gasteiger partial charge is 0.416 e. The van der Waals surface area contributed by atoms with Crippen LogP contribution in [0.15, 0.2) is 16.6 Å². The number of benzene rings is 1. The average Bonchev–Trinajstić information content (AvgIpc) is 2.16. The second-order valence-electron chi connectivity index (χ2n) is 3.12. The van der Waals surface area contributed by atoms with E-state index in [-0.39, 0.29) is 17.5 Å². The van der Waals surface area contributed by atoms with Crippen molar-refractivity contribution in [1.29, 1.82) is 0 Å². The van der Waals surface area contributed by atoms with Gasteiger partial charge in [0.2, 0.25) is 0 Å². The van der Waals surface area contributed by atoms with Crippen LogP contribution < -0.4 is 4.74 Å². The minimum absolute atomic E-state index is 0.117. The Morgan fingerprint density at radius 1 is 1.38 bits per heavy atom. The van der Waals surface area contributed by atoms with Gasteiger partial charge < -0.3 is 9.84 Å². The van der Waals surface area contributed by atoms with Crippen LogP contribution in [-0.2, 0) is 12.6 Å². The van der Waals surface area contributed by atoms with Gasteiger partial charge in [0.1, 0.15) is 5.75 Å². The van der Waals surface area contributed by atoms with E-state index in [1.54, 1.807) is 0 Å². The van der Waals surface area contributed by atoms with Crippen LogP contribution in [0.1, 0.15) is 11.1 Å². The molecule has 1 N–H and O–H groups in total. The Morgan fingerprint density at radius 2 is 2.00 bits per heavy atom. The first-order chi connectivity index (χ1) is 7.40. The zero-order valence-corrected chi connectivity index (χ0v) is 10.0. The summed E-state index contributed by atoms with van der Waals surface area (Å²) in [5.74, 6) is 0.321. The summed E-state index contributed by atoms with van der Waals surface area (Å²) in [6.07, 6.45) is -4.29. The van der Waals surface area contributed by atoms with Gasteiger partial charge in [-0.15, -0.1) is 0 Å². The van der Waals surface area contributed by atoms with E-state index in [0.717, 1.165) is 12.1 Å². The van der Waals surface area contributed by atoms with Crippen molar-refractivity contribution in [3.8, 4) is 5.75 Å². The zero-order valence-electron chi connectivity index (χ0n) is 8.44. The number of aliphatic hydroxyl groups excluding tert-OH is 1. The normalized spacial score (nSPS) is 11.6. The Kier molecular flexibility index (Phi) is 4.21. The van der Waals surface area contributed by atoms with Crippen molar-refractivity contribution in [2.45, 2.75) is 12.6 Å². The molecule has 6 heteroatoms. The first-order valence-electron chi connectivity index (χ1n) is 4.44. The Hall–Kier alpha value is -0.750. The average molecular weight is 299 g/mol. The standard InChI is InChI=1S/C10H10BrF3O2/c1-16-9-6(2-3-15)4-7(5-8(9)11)10(12,13)14/h4-5,15H,2-3H2,1H3. The topological polar surface area (TPSA) is 29.5 Å². The molecule has 0 aliphatic rings. The Balaban J connectivity index is 3.28. The lowest BCUT2D eigenvalue weighted by Gasteiger charge is -2.14. The molecule has 0 fully saturated rings. The fourth-order valence-electron chi connectivity index (χ4n) is 1.35. The van der Waals surface area contributed by atoms with Gasteiger partial charge in [-0.25, -0.2) is 0 Å². The van der Waals surface area contributed by atoms with E-state index >= 15 is 0 Å². The molecule has 0 saturated carbocycles. The van der Waals surface area contributed by atoms with Gasteiger partial charge in [-0.05, 0) is 40.0 Å². The quantitative estimate of drug-likeness (QED) is 0.929. The molecule has 0 bridgehead atoms. The molecular formula is C10H10BrF3O2. The highest BCUT2D eigenvalue weighted by atomic mass is 79.9. The molecule has 0 saturated heterocycles. The molecule has 2 nitrogen and oxygen atoms in total. The zero-order chi connectivity index (χ0) is 12.3. The van der Waals surface area contributed by atoms with Crippen LogP contribution in [-0.4, -0.2) is 18.8 Å². The fraction of sp³-hybridized carbons (Fsp3) is 0.400. The largest absolute Gasteiger partial charge is 0.495 e. The van der Waals surface area contributed by atoms with E-state index in [0.29, 0.717) is 11.3 Å². The molecule has 0 heterocycles. The highest BCUT2D eigenvalue weighted by molar-refractivity contribution is 9.10. The number of alkyl halides is 3. The van der Waals surface area contributed by atoms with Gasteiger partial charge in [-0.2, -0.15) is 13.2 Å². The number of halogens is 4. The molecule has 16 heavy (non-hydrogen) atoms. The van der Waals surface area contributed by atoms with Crippen molar-refractivity contribution in [1.82, 2.24) is 0 Å². The number of aliphatic hydroxyl groups is 1. The van der Waals surface area contributed by atoms with E-state index in [9.17, 15) is 13.2 Å². The van der Waals surface area contributed by atoms with Crippen molar-refractivity contribution >= 4 is 15.9 Å². The highest BCUT2D eigenvalue weighted by Gasteiger charge is 2.32. The second kappa shape index (κ2) is 5.05. The van der Waals surface area contributed by atoms with Gasteiger partial charge in [-0.1, -0.05) is 0 Å². The van der Waals surface area contributed by atoms with Crippen molar-refractivity contribution in [3.63, 3.8) is 0 Å². The third-order valence-electron chi connectivity index (χ3n) is 2.03. The van der Waals surface area contributed by atoms with Crippen LogP contribution in [0.2, 0.25) is 0 Å². The second-order valence-corrected chi connectivity index (χ2v) is 3.98. The van der Waals surface area contributed by atoms with Crippen LogP contribution >= 0.6 is 15.9 Å². The lowest BCUT2D eigenvalue weighted by molar-refractivity contribution is -0.137. The number of hydrogen-bond donors (Lipinski definition) is 1. The Labute approximate surface area is 99.2 Å². The van der Waals surface area contributed by atoms with Gasteiger partial charge in [0, 0.05) is 6.61 Å². The molecule has 0 aliphatic heterocycles. The van der Waals surface area contributed by atoms with Crippen LogP contribution in [0.4, 0.5) is 13.2 Å². The molecule has 0 atom stereocenters. The monoisotopic (exact) mass is 298 g/mol. The molecule has 90 valence electrons. The van der Waals surface area contributed by atoms with Gasteiger partial charge in [-0.3, -0.25) is 0 Å². The SMILES string of the molecule is COc1c(Br)cc(C(F)(F)F)cc1CCO. The maximum absolute atomic E-state index is 12.5. The summed E-state index contributed by atoms with van der Waals surface area (Å²) in [4.78, 5) is 0. The van der Waals surface area contributed by atoms with Gasteiger partial charge in [0.15, 0.2) is 0 Å². The number of methoxy groups -OCH3 is 1. The molecule has 0 amide bonds. The maximum atomic E-state index is 12.5.